The van der Waals surface area contributed by atoms with E-state index in [1.165, 1.54) is 7.11 Å². The molecular weight excluding hydrogens is 670 g/mol. The van der Waals surface area contributed by atoms with Crippen LogP contribution in [0.3, 0.4) is 0 Å². The van der Waals surface area contributed by atoms with Gasteiger partial charge in [-0.25, -0.2) is 9.78 Å². The van der Waals surface area contributed by atoms with Crippen LogP contribution in [0, 0.1) is 13.8 Å². The molecule has 0 radical (unpaired) electrons. The van der Waals surface area contributed by atoms with E-state index in [-0.39, 0.29) is 35.4 Å². The molecule has 272 valence electrons. The second-order valence-corrected chi connectivity index (χ2v) is 14.5. The van der Waals surface area contributed by atoms with E-state index < -0.39 is 23.7 Å². The first-order valence-corrected chi connectivity index (χ1v) is 18.0. The molecule has 11 heteroatoms. The largest absolute Gasteiger partial charge is 0.478 e. The average Bonchev–Trinajstić information content (AvgIpc) is 3.81. The number of nitrogens with one attached hydrogen (secondary N) is 3. The number of aromatic nitrogens is 4. The van der Waals surface area contributed by atoms with Crippen LogP contribution in [0.4, 0.5) is 0 Å². The van der Waals surface area contributed by atoms with E-state index in [0.29, 0.717) is 40.0 Å². The number of carboxylic acid groups (broad SMARTS) is 1. The number of nitrogens with zero attached hydrogens (tertiary/aromatic N) is 2. The molecule has 2 atom stereocenters. The smallest absolute Gasteiger partial charge is 0.335 e. The van der Waals surface area contributed by atoms with Crippen LogP contribution in [0.5, 0.6) is 0 Å². The summed E-state index contributed by atoms with van der Waals surface area (Å²) in [7, 11) is 1.35. The molecule has 0 aliphatic carbocycles. The first kappa shape index (κ1) is 35.6. The first-order chi connectivity index (χ1) is 25.2. The minimum absolute atomic E-state index is 0.0893. The number of methoxy groups -OCH3 is 1. The Morgan fingerprint density at radius 3 is 2.17 bits per heavy atom. The normalized spacial score (nSPS) is 16.7. The topological polar surface area (TPSA) is 167 Å². The number of hydrogen-bond acceptors (Lipinski definition) is 7. The molecule has 2 amide bonds. The van der Waals surface area contributed by atoms with Gasteiger partial charge in [0.1, 0.15) is 0 Å². The Kier molecular flexibility index (Phi) is 8.92. The fraction of sp³-hybridized carbons (Fsp3) is 0.333. The molecule has 8 bridgehead atoms. The van der Waals surface area contributed by atoms with Crippen LogP contribution in [0.15, 0.2) is 36.4 Å². The third-order valence-electron chi connectivity index (χ3n) is 11.1. The number of carbonyl (C=O) groups excluding carboxylic acids is 3. The van der Waals surface area contributed by atoms with Crippen molar-refractivity contribution < 1.29 is 29.0 Å². The molecule has 0 saturated heterocycles. The minimum atomic E-state index is -1.04. The number of carboxylic acids is 1. The van der Waals surface area contributed by atoms with E-state index in [1.807, 2.05) is 19.9 Å². The van der Waals surface area contributed by atoms with Crippen molar-refractivity contribution in [1.29, 1.82) is 0 Å². The number of hydrogen-bond donors (Lipinski definition) is 4. The van der Waals surface area contributed by atoms with Crippen molar-refractivity contribution in [2.24, 2.45) is 0 Å². The number of aromatic carboxylic acids is 1. The highest BCUT2D eigenvalue weighted by Gasteiger charge is 2.39. The lowest BCUT2D eigenvalue weighted by Gasteiger charge is -2.20. The molecule has 6 heterocycles. The summed E-state index contributed by atoms with van der Waals surface area (Å²) < 4.78 is 5.02. The van der Waals surface area contributed by atoms with Crippen LogP contribution in [0.1, 0.15) is 142 Å². The summed E-state index contributed by atoms with van der Waals surface area (Å²) in [5.41, 5.74) is 12.7. The number of allylic oxidation sites excluding steroid dienone is 2. The number of carbonyl (C=O) groups is 4. The standard InChI is InChI=1S/C42H43N5O6/c1-9-25-19(4)27-17-30-32(18(2)3)22(7)37(45-30)34(23-10-12-24(13-11-23)42(51)52)36-20(5)26(14-15-31(48)53-8)38(46-36)35-39-33(40(49)47-41(35)50)21(6)28(44-39)16-29(25)43-27/h10-13,16-18,20,26,44-45H,9,14-15H2,1-8H3,(H,51,52)(H,47,49,50)/t20-,26-/m0/s1. The molecule has 11 nitrogen and oxygen atoms in total. The average molecular weight is 714 g/mol. The van der Waals surface area contributed by atoms with Crippen molar-refractivity contribution >= 4 is 57.0 Å². The van der Waals surface area contributed by atoms with Gasteiger partial charge in [-0.15, -0.1) is 0 Å². The van der Waals surface area contributed by atoms with Crippen molar-refractivity contribution in [1.82, 2.24) is 25.3 Å². The molecule has 0 spiro atoms. The molecule has 1 aromatic carbocycles. The maximum Gasteiger partial charge on any atom is 0.335 e. The van der Waals surface area contributed by atoms with Crippen LogP contribution >= 0.6 is 0 Å². The van der Waals surface area contributed by atoms with Crippen molar-refractivity contribution in [2.75, 3.05) is 7.11 Å². The van der Waals surface area contributed by atoms with Crippen LogP contribution in [0.25, 0.3) is 44.3 Å². The van der Waals surface area contributed by atoms with E-state index in [2.05, 4.69) is 56.0 Å². The monoisotopic (exact) mass is 713 g/mol. The number of imide groups is 1. The molecule has 7 rings (SSSR count). The number of ether oxygens (including phenoxy) is 1. The number of aryl methyl sites for hydroxylation is 2. The van der Waals surface area contributed by atoms with Crippen molar-refractivity contribution in [3.05, 3.63) is 92.6 Å². The van der Waals surface area contributed by atoms with Gasteiger partial charge >= 0.3 is 11.9 Å². The molecule has 4 N–H and O–H groups in total. The van der Waals surface area contributed by atoms with Crippen LogP contribution in [-0.4, -0.2) is 55.9 Å². The zero-order valence-electron chi connectivity index (χ0n) is 31.2. The highest BCUT2D eigenvalue weighted by Crippen LogP contribution is 2.47. The maximum atomic E-state index is 14.0. The highest BCUT2D eigenvalue weighted by molar-refractivity contribution is 6.23. The van der Waals surface area contributed by atoms with Gasteiger partial charge in [0, 0.05) is 34.9 Å². The Bertz CT molecular complexity index is 2470. The molecular formula is C42H43N5O6. The Morgan fingerprint density at radius 2 is 1.53 bits per heavy atom. The van der Waals surface area contributed by atoms with Gasteiger partial charge in [0.15, 0.2) is 0 Å². The van der Waals surface area contributed by atoms with Gasteiger partial charge in [-0.2, -0.15) is 0 Å². The summed E-state index contributed by atoms with van der Waals surface area (Å²) in [6.07, 6.45) is 1.16. The van der Waals surface area contributed by atoms with Gasteiger partial charge < -0.3 is 19.8 Å². The van der Waals surface area contributed by atoms with Gasteiger partial charge in [-0.1, -0.05) is 39.8 Å². The van der Waals surface area contributed by atoms with Gasteiger partial charge in [0.25, 0.3) is 11.8 Å². The molecule has 53 heavy (non-hydrogen) atoms. The molecule has 3 aliphatic rings. The Morgan fingerprint density at radius 1 is 0.868 bits per heavy atom. The Labute approximate surface area is 306 Å². The van der Waals surface area contributed by atoms with Crippen molar-refractivity contribution in [2.45, 2.75) is 85.5 Å². The van der Waals surface area contributed by atoms with Gasteiger partial charge in [0.2, 0.25) is 0 Å². The number of benzene rings is 1. The fourth-order valence-corrected chi connectivity index (χ4v) is 8.39. The quantitative estimate of drug-likeness (QED) is 0.109. The number of H-pyrrole nitrogens is 2. The van der Waals surface area contributed by atoms with Crippen LogP contribution < -0.4 is 5.32 Å². The van der Waals surface area contributed by atoms with Crippen molar-refractivity contribution in [3.8, 4) is 11.1 Å². The summed E-state index contributed by atoms with van der Waals surface area (Å²) >= 11 is 0. The zero-order chi connectivity index (χ0) is 38.0. The van der Waals surface area contributed by atoms with E-state index in [9.17, 15) is 24.3 Å². The van der Waals surface area contributed by atoms with E-state index in [4.69, 9.17) is 14.7 Å². The van der Waals surface area contributed by atoms with Crippen LogP contribution in [-0.2, 0) is 9.53 Å². The fourth-order valence-electron chi connectivity index (χ4n) is 8.39. The van der Waals surface area contributed by atoms with Gasteiger partial charge in [-0.05, 0) is 97.2 Å². The third kappa shape index (κ3) is 5.75. The number of fused-ring (bicyclic) bond motifs is 8. The summed E-state index contributed by atoms with van der Waals surface area (Å²) in [5.74, 6) is -3.09. The SMILES string of the molecule is CCC1=C(C)c2cc3[nH]c(c(C)c3C(C)C)c(-c3ccc(C(=O)O)cc3)c3nc(c4c5[nH]c(cc1n2)c(C)c5C(=O)NC4=O)[C@@H](CCC(=O)OC)[C@@H]3C. The van der Waals surface area contributed by atoms with E-state index in [0.717, 1.165) is 62.2 Å². The van der Waals surface area contributed by atoms with Gasteiger partial charge in [-0.3, -0.25) is 24.7 Å². The molecule has 0 fully saturated rings. The number of esters is 1. The molecule has 3 aliphatic heterocycles. The predicted octanol–water partition coefficient (Wildman–Crippen LogP) is 8.49. The summed E-state index contributed by atoms with van der Waals surface area (Å²) in [6.45, 7) is 14.4. The minimum Gasteiger partial charge on any atom is -0.478 e. The predicted molar refractivity (Wildman–Crippen MR) is 204 cm³/mol. The molecule has 0 saturated carbocycles. The van der Waals surface area contributed by atoms with Crippen molar-refractivity contribution in [3.63, 3.8) is 0 Å². The molecule has 4 aromatic rings. The lowest BCUT2D eigenvalue weighted by Crippen LogP contribution is -2.35. The lowest BCUT2D eigenvalue weighted by atomic mass is 9.83. The lowest BCUT2D eigenvalue weighted by molar-refractivity contribution is -0.140. The van der Waals surface area contributed by atoms with E-state index in [1.54, 1.807) is 24.3 Å². The second-order valence-electron chi connectivity index (χ2n) is 14.5. The summed E-state index contributed by atoms with van der Waals surface area (Å²) in [4.78, 5) is 69.6. The number of aromatic amines is 2. The Hall–Kier alpha value is -5.84. The van der Waals surface area contributed by atoms with Crippen LogP contribution in [0.2, 0.25) is 0 Å². The second kappa shape index (κ2) is 13.3. The first-order valence-electron chi connectivity index (χ1n) is 18.0. The highest BCUT2D eigenvalue weighted by atomic mass is 16.5. The summed E-state index contributed by atoms with van der Waals surface area (Å²) in [6, 6.07) is 10.8. The molecule has 3 aromatic heterocycles. The maximum absolute atomic E-state index is 14.0. The molecule has 0 unspecified atom stereocenters. The zero-order valence-corrected chi connectivity index (χ0v) is 31.2. The third-order valence-corrected chi connectivity index (χ3v) is 11.1. The number of amides is 2. The summed E-state index contributed by atoms with van der Waals surface area (Å²) in [5, 5.41) is 12.3. The van der Waals surface area contributed by atoms with E-state index >= 15 is 0 Å². The Balaban J connectivity index is 1.73. The number of rotatable bonds is 7. The van der Waals surface area contributed by atoms with Gasteiger partial charge in [0.05, 0.1) is 57.6 Å².